The number of hydrogen-bond donors (Lipinski definition) is 4. The molecule has 10 heteroatoms. The van der Waals surface area contributed by atoms with Crippen LogP contribution in [0.5, 0.6) is 0 Å². The SMILES string of the molecule is CC(C)(c1cccc(Cl)c1)C(NC(=O)O[C@@H](CC1CCCCC1)C(=O)N[C@H](CO)C[C@@H]1CCNC1=O)c1ccc(Cl)cc1. The van der Waals surface area contributed by atoms with Crippen molar-refractivity contribution in [3.05, 3.63) is 69.7 Å². The molecule has 2 aliphatic rings. The van der Waals surface area contributed by atoms with Gasteiger partial charge in [0, 0.05) is 27.9 Å². The molecule has 234 valence electrons. The number of ether oxygens (including phenoxy) is 1. The van der Waals surface area contributed by atoms with E-state index in [-0.39, 0.29) is 24.3 Å². The van der Waals surface area contributed by atoms with Crippen molar-refractivity contribution in [2.75, 3.05) is 13.2 Å². The molecule has 1 saturated carbocycles. The number of nitrogens with one attached hydrogen (secondary N) is 3. The van der Waals surface area contributed by atoms with Crippen molar-refractivity contribution in [1.82, 2.24) is 16.0 Å². The number of benzene rings is 2. The topological polar surface area (TPSA) is 117 Å². The Balaban J connectivity index is 1.53. The van der Waals surface area contributed by atoms with Crippen LogP contribution in [0.25, 0.3) is 0 Å². The van der Waals surface area contributed by atoms with Gasteiger partial charge in [-0.2, -0.15) is 0 Å². The van der Waals surface area contributed by atoms with Crippen molar-refractivity contribution >= 4 is 41.1 Å². The van der Waals surface area contributed by atoms with Gasteiger partial charge in [-0.05, 0) is 60.6 Å². The lowest BCUT2D eigenvalue weighted by Gasteiger charge is -2.36. The van der Waals surface area contributed by atoms with Gasteiger partial charge in [0.25, 0.3) is 5.91 Å². The molecular weight excluding hydrogens is 589 g/mol. The van der Waals surface area contributed by atoms with Gasteiger partial charge in [-0.1, -0.05) is 93.4 Å². The predicted octanol–water partition coefficient (Wildman–Crippen LogP) is 6.08. The van der Waals surface area contributed by atoms with Crippen LogP contribution in [0, 0.1) is 11.8 Å². The van der Waals surface area contributed by atoms with Crippen LogP contribution >= 0.6 is 23.2 Å². The fraction of sp³-hybridized carbons (Fsp3) is 0.545. The number of alkyl carbamates (subject to hydrolysis) is 1. The van der Waals surface area contributed by atoms with Gasteiger partial charge in [-0.15, -0.1) is 0 Å². The summed E-state index contributed by atoms with van der Waals surface area (Å²) in [6.07, 6.45) is 4.85. The zero-order valence-electron chi connectivity index (χ0n) is 24.9. The Hall–Kier alpha value is -2.81. The van der Waals surface area contributed by atoms with Gasteiger partial charge >= 0.3 is 6.09 Å². The summed E-state index contributed by atoms with van der Waals surface area (Å²) in [7, 11) is 0. The van der Waals surface area contributed by atoms with E-state index in [1.54, 1.807) is 18.2 Å². The lowest BCUT2D eigenvalue weighted by molar-refractivity contribution is -0.132. The average molecular weight is 633 g/mol. The molecule has 1 aliphatic carbocycles. The van der Waals surface area contributed by atoms with Gasteiger partial charge in [0.05, 0.1) is 18.7 Å². The summed E-state index contributed by atoms with van der Waals surface area (Å²) in [6, 6.07) is 13.6. The summed E-state index contributed by atoms with van der Waals surface area (Å²) in [5.41, 5.74) is 1.11. The fourth-order valence-corrected chi connectivity index (χ4v) is 6.61. The molecule has 2 aromatic carbocycles. The number of aliphatic hydroxyl groups is 1. The third kappa shape index (κ3) is 9.10. The lowest BCUT2D eigenvalue weighted by atomic mass is 9.75. The maximum absolute atomic E-state index is 13.6. The van der Waals surface area contributed by atoms with Gasteiger partial charge in [0.15, 0.2) is 6.10 Å². The van der Waals surface area contributed by atoms with Crippen LogP contribution in [0.3, 0.4) is 0 Å². The molecular formula is C33H43Cl2N3O5. The zero-order valence-corrected chi connectivity index (χ0v) is 26.4. The number of rotatable bonds is 12. The molecule has 8 nitrogen and oxygen atoms in total. The molecule has 4 rings (SSSR count). The Kier molecular flexibility index (Phi) is 11.7. The smallest absolute Gasteiger partial charge is 0.408 e. The highest BCUT2D eigenvalue weighted by molar-refractivity contribution is 6.30. The Labute approximate surface area is 264 Å². The molecule has 1 saturated heterocycles. The first-order chi connectivity index (χ1) is 20.6. The molecule has 4 atom stereocenters. The van der Waals surface area contributed by atoms with Crippen LogP contribution in [-0.2, 0) is 19.7 Å². The fourth-order valence-electron chi connectivity index (χ4n) is 6.29. The van der Waals surface area contributed by atoms with Crippen LogP contribution < -0.4 is 16.0 Å². The molecule has 1 unspecified atom stereocenters. The van der Waals surface area contributed by atoms with Gasteiger partial charge in [0.1, 0.15) is 0 Å². The second-order valence-electron chi connectivity index (χ2n) is 12.4. The van der Waals surface area contributed by atoms with Gasteiger partial charge in [0.2, 0.25) is 5.91 Å². The van der Waals surface area contributed by atoms with E-state index in [1.807, 2.05) is 44.2 Å². The van der Waals surface area contributed by atoms with Crippen LogP contribution in [0.4, 0.5) is 4.79 Å². The summed E-state index contributed by atoms with van der Waals surface area (Å²) in [5, 5.41) is 19.8. The standard InChI is InChI=1S/C33H43Cl2N3O5/c1-33(2,24-9-6-10-26(35)19-24)29(22-11-13-25(34)14-12-22)38-32(42)43-28(17-21-7-4-3-5-8-21)31(41)37-27(20-39)18-23-15-16-36-30(23)40/h6,9-14,19,21,23,27-29,39H,3-5,7-8,15-18,20H2,1-2H3,(H,36,40)(H,37,41)(H,38,42)/t23-,27-,28-,29?/m0/s1. The minimum Gasteiger partial charge on any atom is -0.436 e. The summed E-state index contributed by atoms with van der Waals surface area (Å²) in [5.74, 6) is -0.555. The van der Waals surface area contributed by atoms with Crippen LogP contribution in [0.1, 0.15) is 82.4 Å². The zero-order chi connectivity index (χ0) is 31.0. The van der Waals surface area contributed by atoms with E-state index in [0.717, 1.165) is 43.2 Å². The summed E-state index contributed by atoms with van der Waals surface area (Å²) in [4.78, 5) is 39.3. The van der Waals surface area contributed by atoms with E-state index in [9.17, 15) is 19.5 Å². The number of amides is 3. The molecule has 2 fully saturated rings. The lowest BCUT2D eigenvalue weighted by Crippen LogP contribution is -2.48. The Morgan fingerprint density at radius 1 is 1.00 bits per heavy atom. The molecule has 0 spiro atoms. The van der Waals surface area contributed by atoms with Crippen molar-refractivity contribution in [3.63, 3.8) is 0 Å². The van der Waals surface area contributed by atoms with Crippen molar-refractivity contribution in [3.8, 4) is 0 Å². The highest BCUT2D eigenvalue weighted by atomic mass is 35.5. The van der Waals surface area contributed by atoms with E-state index in [2.05, 4.69) is 16.0 Å². The highest BCUT2D eigenvalue weighted by Gasteiger charge is 2.37. The maximum atomic E-state index is 13.6. The average Bonchev–Trinajstić information content (AvgIpc) is 3.40. The van der Waals surface area contributed by atoms with Crippen molar-refractivity contribution in [2.24, 2.45) is 11.8 Å². The Morgan fingerprint density at radius 2 is 1.72 bits per heavy atom. The van der Waals surface area contributed by atoms with E-state index < -0.39 is 35.6 Å². The number of hydrogen-bond acceptors (Lipinski definition) is 5. The summed E-state index contributed by atoms with van der Waals surface area (Å²) in [6.45, 7) is 4.29. The highest BCUT2D eigenvalue weighted by Crippen LogP contribution is 2.38. The maximum Gasteiger partial charge on any atom is 0.408 e. The Morgan fingerprint density at radius 3 is 2.35 bits per heavy atom. The molecule has 0 bridgehead atoms. The number of carbonyl (C=O) groups excluding carboxylic acids is 3. The third-order valence-corrected chi connectivity index (χ3v) is 9.36. The van der Waals surface area contributed by atoms with Gasteiger partial charge < -0.3 is 25.8 Å². The Bertz CT molecular complexity index is 1250. The van der Waals surface area contributed by atoms with Crippen LogP contribution in [-0.4, -0.2) is 48.3 Å². The first kappa shape index (κ1) is 33.1. The summed E-state index contributed by atoms with van der Waals surface area (Å²) >= 11 is 12.5. The van der Waals surface area contributed by atoms with Crippen molar-refractivity contribution < 1.29 is 24.2 Å². The quantitative estimate of drug-likeness (QED) is 0.226. The molecule has 0 radical (unpaired) electrons. The summed E-state index contributed by atoms with van der Waals surface area (Å²) < 4.78 is 5.91. The molecule has 4 N–H and O–H groups in total. The molecule has 1 aliphatic heterocycles. The number of carbonyl (C=O) groups is 3. The van der Waals surface area contributed by atoms with Crippen molar-refractivity contribution in [2.45, 2.75) is 88.8 Å². The van der Waals surface area contributed by atoms with Gasteiger partial charge in [-0.25, -0.2) is 4.79 Å². The molecule has 43 heavy (non-hydrogen) atoms. The van der Waals surface area contributed by atoms with Gasteiger partial charge in [-0.3, -0.25) is 9.59 Å². The third-order valence-electron chi connectivity index (χ3n) is 8.87. The van der Waals surface area contributed by atoms with E-state index in [0.29, 0.717) is 35.9 Å². The minimum atomic E-state index is -1.05. The van der Waals surface area contributed by atoms with Crippen LogP contribution in [0.2, 0.25) is 10.0 Å². The van der Waals surface area contributed by atoms with E-state index >= 15 is 0 Å². The van der Waals surface area contributed by atoms with E-state index in [4.69, 9.17) is 27.9 Å². The first-order valence-electron chi connectivity index (χ1n) is 15.2. The number of aliphatic hydroxyl groups excluding tert-OH is 1. The molecule has 0 aromatic heterocycles. The molecule has 1 heterocycles. The predicted molar refractivity (Wildman–Crippen MR) is 168 cm³/mol. The second kappa shape index (κ2) is 15.3. The first-order valence-corrected chi connectivity index (χ1v) is 16.0. The minimum absolute atomic E-state index is 0.0716. The van der Waals surface area contributed by atoms with E-state index in [1.165, 1.54) is 0 Å². The second-order valence-corrected chi connectivity index (χ2v) is 13.3. The normalized spacial score (nSPS) is 19.7. The molecule has 3 amide bonds. The molecule has 2 aromatic rings. The monoisotopic (exact) mass is 631 g/mol. The largest absolute Gasteiger partial charge is 0.436 e. The van der Waals surface area contributed by atoms with Crippen molar-refractivity contribution in [1.29, 1.82) is 0 Å². The number of halogens is 2. The van der Waals surface area contributed by atoms with Crippen LogP contribution in [0.15, 0.2) is 48.5 Å².